The van der Waals surface area contributed by atoms with Gasteiger partial charge in [-0.2, -0.15) is 0 Å². The second kappa shape index (κ2) is 7.13. The van der Waals surface area contributed by atoms with Crippen molar-refractivity contribution in [2.75, 3.05) is 7.11 Å². The minimum atomic E-state index is -1.00. The van der Waals surface area contributed by atoms with Crippen LogP contribution in [-0.4, -0.2) is 24.3 Å². The topological polar surface area (TPSA) is 55.8 Å². The summed E-state index contributed by atoms with van der Waals surface area (Å²) in [7, 11) is 1.55. The number of ether oxygens (including phenoxy) is 2. The van der Waals surface area contributed by atoms with Gasteiger partial charge in [0, 0.05) is 17.0 Å². The number of benzene rings is 2. The fourth-order valence-corrected chi connectivity index (χ4v) is 2.34. The molecule has 0 aliphatic heterocycles. The molecule has 5 heteroatoms. The van der Waals surface area contributed by atoms with Gasteiger partial charge >= 0.3 is 5.97 Å². The molecule has 2 aromatic carbocycles. The van der Waals surface area contributed by atoms with Crippen LogP contribution < -0.4 is 9.47 Å². The molecule has 0 unspecified atom stereocenters. The summed E-state index contributed by atoms with van der Waals surface area (Å²) >= 11 is 3.37. The summed E-state index contributed by atoms with van der Waals surface area (Å²) < 4.78 is 11.6. The zero-order chi connectivity index (χ0) is 15.2. The lowest BCUT2D eigenvalue weighted by molar-refractivity contribution is -0.145. The summed E-state index contributed by atoms with van der Waals surface area (Å²) in [5.41, 5.74) is 0.889. The van der Waals surface area contributed by atoms with Gasteiger partial charge in [-0.3, -0.25) is 0 Å². The average molecular weight is 351 g/mol. The monoisotopic (exact) mass is 350 g/mol. The van der Waals surface area contributed by atoms with E-state index in [-0.39, 0.29) is 6.42 Å². The lowest BCUT2D eigenvalue weighted by atomic mass is 10.1. The molecule has 0 heterocycles. The van der Waals surface area contributed by atoms with Gasteiger partial charge < -0.3 is 14.6 Å². The Morgan fingerprint density at radius 1 is 1.19 bits per heavy atom. The van der Waals surface area contributed by atoms with Gasteiger partial charge in [-0.15, -0.1) is 0 Å². The maximum Gasteiger partial charge on any atom is 0.345 e. The fraction of sp³-hybridized carbons (Fsp3) is 0.188. The van der Waals surface area contributed by atoms with E-state index >= 15 is 0 Å². The third kappa shape index (κ3) is 4.49. The Balaban J connectivity index is 2.13. The normalized spacial score (nSPS) is 11.7. The Bertz CT molecular complexity index is 627. The average Bonchev–Trinajstić information content (AvgIpc) is 2.47. The number of halogens is 1. The van der Waals surface area contributed by atoms with Gasteiger partial charge in [0.15, 0.2) is 6.10 Å². The van der Waals surface area contributed by atoms with Crippen molar-refractivity contribution >= 4 is 21.9 Å². The first-order valence-corrected chi connectivity index (χ1v) is 7.16. The van der Waals surface area contributed by atoms with E-state index in [4.69, 9.17) is 9.47 Å². The Labute approximate surface area is 131 Å². The smallest absolute Gasteiger partial charge is 0.345 e. The van der Waals surface area contributed by atoms with E-state index in [0.717, 1.165) is 10.0 Å². The summed E-state index contributed by atoms with van der Waals surface area (Å²) in [5, 5.41) is 9.32. The molecule has 4 nitrogen and oxygen atoms in total. The highest BCUT2D eigenvalue weighted by molar-refractivity contribution is 9.10. The van der Waals surface area contributed by atoms with Crippen molar-refractivity contribution < 1.29 is 19.4 Å². The Morgan fingerprint density at radius 3 is 2.57 bits per heavy atom. The molecular weight excluding hydrogens is 336 g/mol. The molecule has 1 N–H and O–H groups in total. The summed E-state index contributed by atoms with van der Waals surface area (Å²) in [6.07, 6.45) is -0.669. The molecule has 0 amide bonds. The first-order chi connectivity index (χ1) is 10.1. The van der Waals surface area contributed by atoms with Gasteiger partial charge in [0.25, 0.3) is 0 Å². The summed E-state index contributed by atoms with van der Waals surface area (Å²) in [6.45, 7) is 0. The van der Waals surface area contributed by atoms with Crippen molar-refractivity contribution in [2.24, 2.45) is 0 Å². The number of aliphatic carboxylic acids is 1. The molecule has 0 aromatic heterocycles. The minimum absolute atomic E-state index is 0.284. The molecule has 0 bridgehead atoms. The maximum atomic E-state index is 11.4. The molecule has 110 valence electrons. The molecule has 21 heavy (non-hydrogen) atoms. The van der Waals surface area contributed by atoms with Crippen LogP contribution >= 0.6 is 15.9 Å². The van der Waals surface area contributed by atoms with Crippen molar-refractivity contribution in [3.63, 3.8) is 0 Å². The van der Waals surface area contributed by atoms with Gasteiger partial charge in [0.05, 0.1) is 7.11 Å². The third-order valence-corrected chi connectivity index (χ3v) is 3.40. The maximum absolute atomic E-state index is 11.4. The van der Waals surface area contributed by atoms with Crippen LogP contribution in [0.2, 0.25) is 0 Å². The van der Waals surface area contributed by atoms with Crippen LogP contribution in [0.3, 0.4) is 0 Å². The van der Waals surface area contributed by atoms with Crippen molar-refractivity contribution in [1.82, 2.24) is 0 Å². The first kappa shape index (κ1) is 15.4. The number of carboxylic acid groups (broad SMARTS) is 1. The predicted octanol–water partition coefficient (Wildman–Crippen LogP) is 3.53. The van der Waals surface area contributed by atoms with Crippen molar-refractivity contribution in [3.05, 3.63) is 58.6 Å². The Morgan fingerprint density at radius 2 is 1.90 bits per heavy atom. The summed E-state index contributed by atoms with van der Waals surface area (Å²) in [4.78, 5) is 11.4. The van der Waals surface area contributed by atoms with Gasteiger partial charge in [-0.1, -0.05) is 34.1 Å². The molecule has 0 spiro atoms. The number of carbonyl (C=O) groups is 1. The lowest BCUT2D eigenvalue weighted by Crippen LogP contribution is -2.29. The molecule has 1 atom stereocenters. The molecule has 0 fully saturated rings. The molecule has 0 saturated heterocycles. The van der Waals surface area contributed by atoms with E-state index < -0.39 is 12.1 Å². The zero-order valence-electron chi connectivity index (χ0n) is 11.5. The molecular formula is C16H15BrO4. The molecule has 0 saturated carbocycles. The number of hydrogen-bond acceptors (Lipinski definition) is 3. The standard InChI is InChI=1S/C16H15BrO4/c1-20-13-6-3-7-14(10-13)21-15(16(18)19)9-11-4-2-5-12(17)8-11/h2-8,10,15H,9H2,1H3,(H,18,19)/t15-/m1/s1. The largest absolute Gasteiger partial charge is 0.497 e. The highest BCUT2D eigenvalue weighted by Crippen LogP contribution is 2.21. The Kier molecular flexibility index (Phi) is 5.22. The van der Waals surface area contributed by atoms with Crippen LogP contribution in [0, 0.1) is 0 Å². The highest BCUT2D eigenvalue weighted by Gasteiger charge is 2.20. The van der Waals surface area contributed by atoms with Crippen molar-refractivity contribution in [2.45, 2.75) is 12.5 Å². The third-order valence-electron chi connectivity index (χ3n) is 2.91. The zero-order valence-corrected chi connectivity index (χ0v) is 13.0. The van der Waals surface area contributed by atoms with Crippen molar-refractivity contribution in [3.8, 4) is 11.5 Å². The number of carboxylic acids is 1. The number of hydrogen-bond donors (Lipinski definition) is 1. The van der Waals surface area contributed by atoms with Crippen LogP contribution in [-0.2, 0) is 11.2 Å². The van der Waals surface area contributed by atoms with Gasteiger partial charge in [0.2, 0.25) is 0 Å². The van der Waals surface area contributed by atoms with E-state index in [1.165, 1.54) is 0 Å². The second-order valence-corrected chi connectivity index (χ2v) is 5.37. The SMILES string of the molecule is COc1cccc(O[C@H](Cc2cccc(Br)c2)C(=O)O)c1. The summed E-state index contributed by atoms with van der Waals surface area (Å²) in [6, 6.07) is 14.4. The minimum Gasteiger partial charge on any atom is -0.497 e. The summed E-state index contributed by atoms with van der Waals surface area (Å²) in [5.74, 6) is 0.0913. The lowest BCUT2D eigenvalue weighted by Gasteiger charge is -2.16. The molecule has 2 aromatic rings. The highest BCUT2D eigenvalue weighted by atomic mass is 79.9. The second-order valence-electron chi connectivity index (χ2n) is 4.46. The van der Waals surface area contributed by atoms with E-state index in [1.807, 2.05) is 24.3 Å². The predicted molar refractivity (Wildman–Crippen MR) is 82.9 cm³/mol. The first-order valence-electron chi connectivity index (χ1n) is 6.36. The van der Waals surface area contributed by atoms with Crippen molar-refractivity contribution in [1.29, 1.82) is 0 Å². The van der Waals surface area contributed by atoms with E-state index in [1.54, 1.807) is 31.4 Å². The molecule has 0 radical (unpaired) electrons. The van der Waals surface area contributed by atoms with Crippen LogP contribution in [0.25, 0.3) is 0 Å². The quantitative estimate of drug-likeness (QED) is 0.865. The number of rotatable bonds is 6. The van der Waals surface area contributed by atoms with E-state index in [0.29, 0.717) is 11.5 Å². The van der Waals surface area contributed by atoms with E-state index in [2.05, 4.69) is 15.9 Å². The Hall–Kier alpha value is -2.01. The van der Waals surface area contributed by atoms with Gasteiger partial charge in [-0.05, 0) is 29.8 Å². The van der Waals surface area contributed by atoms with Crippen LogP contribution in [0.15, 0.2) is 53.0 Å². The van der Waals surface area contributed by atoms with Crippen LogP contribution in [0.4, 0.5) is 0 Å². The van der Waals surface area contributed by atoms with Gasteiger partial charge in [0.1, 0.15) is 11.5 Å². The molecule has 0 aliphatic rings. The molecule has 2 rings (SSSR count). The van der Waals surface area contributed by atoms with E-state index in [9.17, 15) is 9.90 Å². The molecule has 0 aliphatic carbocycles. The van der Waals surface area contributed by atoms with Gasteiger partial charge in [-0.25, -0.2) is 4.79 Å². The number of methoxy groups -OCH3 is 1. The van der Waals surface area contributed by atoms with Crippen LogP contribution in [0.5, 0.6) is 11.5 Å². The fourth-order valence-electron chi connectivity index (χ4n) is 1.90. The van der Waals surface area contributed by atoms with Crippen LogP contribution in [0.1, 0.15) is 5.56 Å².